The molecule has 0 aliphatic rings. The van der Waals surface area contributed by atoms with E-state index in [0.29, 0.717) is 33.2 Å². The highest BCUT2D eigenvalue weighted by Crippen LogP contribution is 2.33. The fourth-order valence-electron chi connectivity index (χ4n) is 1.59. The normalized spacial score (nSPS) is 10.7. The van der Waals surface area contributed by atoms with Gasteiger partial charge in [0.05, 0.1) is 10.7 Å². The summed E-state index contributed by atoms with van der Waals surface area (Å²) in [6.45, 7) is 0. The standard InChI is InChI=1S/C12H8ClN3O2/c13-7-3-1-2-4-9(7)17-10-6-5-8(14)11-12(10)16-18-15-11/h1-6H,14H2. The van der Waals surface area contributed by atoms with Crippen LogP contribution in [0.3, 0.4) is 0 Å². The molecular weight excluding hydrogens is 254 g/mol. The molecule has 0 radical (unpaired) electrons. The van der Waals surface area contributed by atoms with Crippen molar-refractivity contribution in [2.24, 2.45) is 0 Å². The third kappa shape index (κ3) is 1.74. The second-order valence-corrected chi connectivity index (χ2v) is 4.05. The maximum absolute atomic E-state index is 6.02. The molecule has 3 aromatic rings. The third-order valence-corrected chi connectivity index (χ3v) is 2.78. The van der Waals surface area contributed by atoms with Crippen molar-refractivity contribution in [1.82, 2.24) is 10.3 Å². The first-order chi connectivity index (χ1) is 8.75. The van der Waals surface area contributed by atoms with Gasteiger partial charge in [-0.25, -0.2) is 4.63 Å². The Morgan fingerprint density at radius 2 is 1.78 bits per heavy atom. The fourth-order valence-corrected chi connectivity index (χ4v) is 1.77. The smallest absolute Gasteiger partial charge is 0.179 e. The summed E-state index contributed by atoms with van der Waals surface area (Å²) in [6, 6.07) is 10.5. The maximum Gasteiger partial charge on any atom is 0.179 e. The lowest BCUT2D eigenvalue weighted by Crippen LogP contribution is -1.90. The van der Waals surface area contributed by atoms with E-state index >= 15 is 0 Å². The molecule has 0 bridgehead atoms. The molecule has 0 unspecified atom stereocenters. The van der Waals surface area contributed by atoms with Crippen molar-refractivity contribution in [2.45, 2.75) is 0 Å². The molecule has 2 N–H and O–H groups in total. The zero-order valence-corrected chi connectivity index (χ0v) is 9.89. The molecule has 90 valence electrons. The molecule has 1 heterocycles. The number of nitrogens with two attached hydrogens (primary N) is 1. The van der Waals surface area contributed by atoms with Crippen LogP contribution in [0.15, 0.2) is 41.0 Å². The molecule has 0 aliphatic carbocycles. The lowest BCUT2D eigenvalue weighted by atomic mass is 10.2. The molecule has 0 amide bonds. The first-order valence-corrected chi connectivity index (χ1v) is 5.56. The number of benzene rings is 2. The van der Waals surface area contributed by atoms with Gasteiger partial charge >= 0.3 is 0 Å². The van der Waals surface area contributed by atoms with Gasteiger partial charge in [-0.05, 0) is 34.6 Å². The van der Waals surface area contributed by atoms with Crippen LogP contribution in [0.1, 0.15) is 0 Å². The zero-order chi connectivity index (χ0) is 12.5. The lowest BCUT2D eigenvalue weighted by Gasteiger charge is -2.07. The quantitative estimate of drug-likeness (QED) is 0.717. The minimum absolute atomic E-state index is 0.468. The maximum atomic E-state index is 6.02. The molecule has 6 heteroatoms. The van der Waals surface area contributed by atoms with Crippen LogP contribution >= 0.6 is 11.6 Å². The number of hydrogen-bond donors (Lipinski definition) is 1. The van der Waals surface area contributed by atoms with Crippen LogP contribution in [0.2, 0.25) is 5.02 Å². The van der Waals surface area contributed by atoms with Crippen molar-refractivity contribution < 1.29 is 9.37 Å². The van der Waals surface area contributed by atoms with Crippen LogP contribution in [0.25, 0.3) is 11.0 Å². The highest BCUT2D eigenvalue weighted by atomic mass is 35.5. The van der Waals surface area contributed by atoms with Crippen LogP contribution in [0, 0.1) is 0 Å². The lowest BCUT2D eigenvalue weighted by molar-refractivity contribution is 0.314. The Balaban J connectivity index is 2.08. The van der Waals surface area contributed by atoms with Crippen LogP contribution in [-0.2, 0) is 0 Å². The van der Waals surface area contributed by atoms with Crippen molar-refractivity contribution in [3.05, 3.63) is 41.4 Å². The number of anilines is 1. The van der Waals surface area contributed by atoms with Crippen molar-refractivity contribution in [1.29, 1.82) is 0 Å². The number of ether oxygens (including phenoxy) is 1. The van der Waals surface area contributed by atoms with E-state index in [2.05, 4.69) is 14.9 Å². The summed E-state index contributed by atoms with van der Waals surface area (Å²) >= 11 is 6.02. The first-order valence-electron chi connectivity index (χ1n) is 5.19. The van der Waals surface area contributed by atoms with Gasteiger partial charge in [-0.3, -0.25) is 0 Å². The van der Waals surface area contributed by atoms with E-state index in [9.17, 15) is 0 Å². The number of rotatable bonds is 2. The van der Waals surface area contributed by atoms with Crippen LogP contribution in [0.4, 0.5) is 5.69 Å². The highest BCUT2D eigenvalue weighted by Gasteiger charge is 2.12. The first kappa shape index (κ1) is 10.9. The molecule has 0 saturated carbocycles. The van der Waals surface area contributed by atoms with E-state index in [1.807, 2.05) is 12.1 Å². The van der Waals surface area contributed by atoms with Crippen molar-refractivity contribution in [3.63, 3.8) is 0 Å². The van der Waals surface area contributed by atoms with Gasteiger partial charge in [0.25, 0.3) is 0 Å². The van der Waals surface area contributed by atoms with Crippen molar-refractivity contribution in [2.75, 3.05) is 5.73 Å². The van der Waals surface area contributed by atoms with Gasteiger partial charge in [-0.2, -0.15) is 0 Å². The predicted octanol–water partition coefficient (Wildman–Crippen LogP) is 3.25. The fraction of sp³-hybridized carbons (Fsp3) is 0. The number of hydrogen-bond acceptors (Lipinski definition) is 5. The predicted molar refractivity (Wildman–Crippen MR) is 67.7 cm³/mol. The summed E-state index contributed by atoms with van der Waals surface area (Å²) in [5.41, 5.74) is 7.17. The number of para-hydroxylation sites is 1. The topological polar surface area (TPSA) is 74.2 Å². The Bertz CT molecular complexity index is 711. The number of aromatic nitrogens is 2. The summed E-state index contributed by atoms with van der Waals surface area (Å²) in [7, 11) is 0. The largest absolute Gasteiger partial charge is 0.453 e. The number of nitrogen functional groups attached to an aromatic ring is 1. The summed E-state index contributed by atoms with van der Waals surface area (Å²) in [6.07, 6.45) is 0. The number of halogens is 1. The Labute approximate surface area is 107 Å². The van der Waals surface area contributed by atoms with Crippen molar-refractivity contribution in [3.8, 4) is 11.5 Å². The molecule has 0 aliphatic heterocycles. The Morgan fingerprint density at radius 3 is 2.61 bits per heavy atom. The molecule has 2 aromatic carbocycles. The van der Waals surface area contributed by atoms with E-state index in [1.54, 1.807) is 24.3 Å². The van der Waals surface area contributed by atoms with E-state index in [4.69, 9.17) is 22.1 Å². The van der Waals surface area contributed by atoms with E-state index in [0.717, 1.165) is 0 Å². The van der Waals surface area contributed by atoms with E-state index < -0.39 is 0 Å². The van der Waals surface area contributed by atoms with Gasteiger partial charge in [0, 0.05) is 0 Å². The van der Waals surface area contributed by atoms with Gasteiger partial charge in [-0.15, -0.1) is 0 Å². The van der Waals surface area contributed by atoms with Crippen LogP contribution in [0.5, 0.6) is 11.5 Å². The SMILES string of the molecule is Nc1ccc(Oc2ccccc2Cl)c2nonc12. The molecule has 0 atom stereocenters. The molecule has 0 saturated heterocycles. The minimum atomic E-state index is 0.468. The zero-order valence-electron chi connectivity index (χ0n) is 9.13. The summed E-state index contributed by atoms with van der Waals surface area (Å²) in [5.74, 6) is 1.03. The van der Waals surface area contributed by atoms with Crippen molar-refractivity contribution >= 4 is 28.3 Å². The second-order valence-electron chi connectivity index (χ2n) is 3.65. The molecule has 0 spiro atoms. The van der Waals surface area contributed by atoms with Crippen LogP contribution in [-0.4, -0.2) is 10.3 Å². The minimum Gasteiger partial charge on any atom is -0.453 e. The molecule has 3 rings (SSSR count). The number of fused-ring (bicyclic) bond motifs is 1. The second kappa shape index (κ2) is 4.19. The van der Waals surface area contributed by atoms with Gasteiger partial charge in [0.15, 0.2) is 16.8 Å². The van der Waals surface area contributed by atoms with Gasteiger partial charge < -0.3 is 10.5 Å². The van der Waals surface area contributed by atoms with E-state index in [-0.39, 0.29) is 0 Å². The Kier molecular flexibility index (Phi) is 2.53. The monoisotopic (exact) mass is 261 g/mol. The van der Waals surface area contributed by atoms with Gasteiger partial charge in [0.1, 0.15) is 5.75 Å². The Morgan fingerprint density at radius 1 is 1.00 bits per heavy atom. The Hall–Kier alpha value is -2.27. The van der Waals surface area contributed by atoms with E-state index in [1.165, 1.54) is 0 Å². The molecule has 0 fully saturated rings. The average Bonchev–Trinajstić information content (AvgIpc) is 2.85. The molecule has 5 nitrogen and oxygen atoms in total. The molecule has 1 aromatic heterocycles. The van der Waals surface area contributed by atoms with Gasteiger partial charge in [-0.1, -0.05) is 23.7 Å². The average molecular weight is 262 g/mol. The summed E-state index contributed by atoms with van der Waals surface area (Å²) in [4.78, 5) is 0. The summed E-state index contributed by atoms with van der Waals surface area (Å²) in [5, 5.41) is 8.00. The highest BCUT2D eigenvalue weighted by molar-refractivity contribution is 6.32. The molecule has 18 heavy (non-hydrogen) atoms. The number of nitrogens with zero attached hydrogens (tertiary/aromatic N) is 2. The summed E-state index contributed by atoms with van der Waals surface area (Å²) < 4.78 is 10.3. The van der Waals surface area contributed by atoms with Gasteiger partial charge in [0.2, 0.25) is 0 Å². The molecular formula is C12H8ClN3O2. The van der Waals surface area contributed by atoms with Crippen LogP contribution < -0.4 is 10.5 Å². The third-order valence-electron chi connectivity index (χ3n) is 2.47.